The summed E-state index contributed by atoms with van der Waals surface area (Å²) in [5.74, 6) is -0.188. The first-order valence-corrected chi connectivity index (χ1v) is 11.4. The molecule has 0 aliphatic carbocycles. The first-order chi connectivity index (χ1) is 15.5. The summed E-state index contributed by atoms with van der Waals surface area (Å²) in [5, 5.41) is 0. The normalized spacial score (nSPS) is 20.8. The molecule has 1 aromatic heterocycles. The van der Waals surface area contributed by atoms with Crippen LogP contribution in [0.25, 0.3) is 11.0 Å². The second-order valence-corrected chi connectivity index (χ2v) is 8.91. The SMILES string of the molecule is C[C@H](c1ccccc1)N1C[C@H](C(=O)N2CCC(n3c(=O)[nH]c4ccccc43)CC2)CC1=O. The molecule has 2 aromatic carbocycles. The second kappa shape index (κ2) is 8.30. The molecule has 166 valence electrons. The highest BCUT2D eigenvalue weighted by Crippen LogP contribution is 2.31. The number of aromatic amines is 1. The van der Waals surface area contributed by atoms with Gasteiger partial charge in [0.05, 0.1) is 23.0 Å². The van der Waals surface area contributed by atoms with Gasteiger partial charge in [-0.2, -0.15) is 0 Å². The maximum Gasteiger partial charge on any atom is 0.326 e. The van der Waals surface area contributed by atoms with Gasteiger partial charge in [0.25, 0.3) is 0 Å². The van der Waals surface area contributed by atoms with Crippen molar-refractivity contribution in [1.82, 2.24) is 19.4 Å². The van der Waals surface area contributed by atoms with Crippen molar-refractivity contribution >= 4 is 22.8 Å². The molecule has 2 aliphatic heterocycles. The van der Waals surface area contributed by atoms with Crippen molar-refractivity contribution in [3.8, 4) is 0 Å². The van der Waals surface area contributed by atoms with E-state index < -0.39 is 0 Å². The molecule has 7 nitrogen and oxygen atoms in total. The lowest BCUT2D eigenvalue weighted by atomic mass is 10.0. The van der Waals surface area contributed by atoms with Crippen LogP contribution in [0.15, 0.2) is 59.4 Å². The van der Waals surface area contributed by atoms with Gasteiger partial charge < -0.3 is 14.8 Å². The first-order valence-electron chi connectivity index (χ1n) is 11.4. The van der Waals surface area contributed by atoms with Crippen molar-refractivity contribution in [2.45, 2.75) is 38.3 Å². The molecule has 0 radical (unpaired) electrons. The summed E-state index contributed by atoms with van der Waals surface area (Å²) in [6.45, 7) is 3.70. The van der Waals surface area contributed by atoms with Gasteiger partial charge in [0.2, 0.25) is 11.8 Å². The fourth-order valence-electron chi connectivity index (χ4n) is 5.22. The van der Waals surface area contributed by atoms with E-state index in [1.165, 1.54) is 0 Å². The van der Waals surface area contributed by atoms with Gasteiger partial charge in [-0.15, -0.1) is 0 Å². The number of para-hydroxylation sites is 2. The largest absolute Gasteiger partial charge is 0.342 e. The average molecular weight is 433 g/mol. The molecule has 5 rings (SSSR count). The van der Waals surface area contributed by atoms with Crippen molar-refractivity contribution in [2.75, 3.05) is 19.6 Å². The minimum absolute atomic E-state index is 0.0408. The molecule has 0 spiro atoms. The zero-order valence-electron chi connectivity index (χ0n) is 18.2. The summed E-state index contributed by atoms with van der Waals surface area (Å²) >= 11 is 0. The summed E-state index contributed by atoms with van der Waals surface area (Å²) in [6, 6.07) is 17.7. The maximum absolute atomic E-state index is 13.2. The molecule has 2 fully saturated rings. The molecule has 7 heteroatoms. The summed E-state index contributed by atoms with van der Waals surface area (Å²) in [6.07, 6.45) is 1.74. The number of carbonyl (C=O) groups is 2. The molecule has 0 unspecified atom stereocenters. The van der Waals surface area contributed by atoms with Crippen molar-refractivity contribution in [3.63, 3.8) is 0 Å². The van der Waals surface area contributed by atoms with E-state index >= 15 is 0 Å². The second-order valence-electron chi connectivity index (χ2n) is 8.91. The Balaban J connectivity index is 1.23. The van der Waals surface area contributed by atoms with Gasteiger partial charge in [-0.1, -0.05) is 42.5 Å². The van der Waals surface area contributed by atoms with E-state index in [0.717, 1.165) is 29.4 Å². The third-order valence-electron chi connectivity index (χ3n) is 7.02. The molecule has 3 heterocycles. The predicted octanol–water partition coefficient (Wildman–Crippen LogP) is 3.10. The third-order valence-corrected chi connectivity index (χ3v) is 7.02. The lowest BCUT2D eigenvalue weighted by Crippen LogP contribution is -2.43. The highest BCUT2D eigenvalue weighted by molar-refractivity contribution is 5.89. The van der Waals surface area contributed by atoms with Crippen molar-refractivity contribution in [3.05, 3.63) is 70.6 Å². The summed E-state index contributed by atoms with van der Waals surface area (Å²) in [4.78, 5) is 45.0. The molecule has 32 heavy (non-hydrogen) atoms. The Kier molecular flexibility index (Phi) is 5.33. The molecule has 0 saturated carbocycles. The zero-order valence-corrected chi connectivity index (χ0v) is 18.2. The molecule has 2 aliphatic rings. The number of amides is 2. The van der Waals surface area contributed by atoms with Crippen LogP contribution in [0.5, 0.6) is 0 Å². The lowest BCUT2D eigenvalue weighted by molar-refractivity contribution is -0.137. The van der Waals surface area contributed by atoms with Crippen molar-refractivity contribution in [2.24, 2.45) is 5.92 Å². The van der Waals surface area contributed by atoms with Gasteiger partial charge in [0, 0.05) is 32.1 Å². The number of fused-ring (bicyclic) bond motifs is 1. The lowest BCUT2D eigenvalue weighted by Gasteiger charge is -2.34. The number of imidazole rings is 1. The number of nitrogens with one attached hydrogen (secondary N) is 1. The third kappa shape index (κ3) is 3.61. The van der Waals surface area contributed by atoms with E-state index in [1.807, 2.05) is 75.9 Å². The van der Waals surface area contributed by atoms with Crippen LogP contribution < -0.4 is 5.69 Å². The van der Waals surface area contributed by atoms with E-state index in [0.29, 0.717) is 19.6 Å². The summed E-state index contributed by atoms with van der Waals surface area (Å²) < 4.78 is 1.83. The van der Waals surface area contributed by atoms with Crippen LogP contribution in [0.1, 0.15) is 43.8 Å². The molecule has 3 aromatic rings. The average Bonchev–Trinajstić information content (AvgIpc) is 3.38. The van der Waals surface area contributed by atoms with Gasteiger partial charge >= 0.3 is 5.69 Å². The molecule has 2 atom stereocenters. The Labute approximate surface area is 186 Å². The maximum atomic E-state index is 13.2. The minimum atomic E-state index is -0.291. The summed E-state index contributed by atoms with van der Waals surface area (Å²) in [5.41, 5.74) is 2.74. The Morgan fingerprint density at radius 2 is 1.69 bits per heavy atom. The Hall–Kier alpha value is -3.35. The number of hydrogen-bond donors (Lipinski definition) is 1. The number of nitrogens with zero attached hydrogens (tertiary/aromatic N) is 3. The number of hydrogen-bond acceptors (Lipinski definition) is 3. The standard InChI is InChI=1S/C25H28N4O3/c1-17(18-7-3-2-4-8-18)28-16-19(15-23(28)30)24(31)27-13-11-20(12-14-27)29-22-10-6-5-9-21(22)26-25(29)32/h2-10,17,19-20H,11-16H2,1H3,(H,26,32)/t17-,19-/m1/s1. The van der Waals surface area contributed by atoms with Gasteiger partial charge in [-0.25, -0.2) is 4.79 Å². The van der Waals surface area contributed by atoms with Gasteiger partial charge in [-0.05, 0) is 37.5 Å². The van der Waals surface area contributed by atoms with E-state index in [1.54, 1.807) is 0 Å². The number of benzene rings is 2. The number of aromatic nitrogens is 2. The van der Waals surface area contributed by atoms with Crippen LogP contribution in [0.4, 0.5) is 0 Å². The number of piperidine rings is 1. The molecular formula is C25H28N4O3. The first kappa shape index (κ1) is 20.5. The summed E-state index contributed by atoms with van der Waals surface area (Å²) in [7, 11) is 0. The number of carbonyl (C=O) groups excluding carboxylic acids is 2. The van der Waals surface area contributed by atoms with Crippen LogP contribution in [0.2, 0.25) is 0 Å². The van der Waals surface area contributed by atoms with Gasteiger partial charge in [-0.3, -0.25) is 14.2 Å². The number of rotatable bonds is 4. The highest BCUT2D eigenvalue weighted by Gasteiger charge is 2.39. The minimum Gasteiger partial charge on any atom is -0.342 e. The van der Waals surface area contributed by atoms with Gasteiger partial charge in [0.1, 0.15) is 0 Å². The quantitative estimate of drug-likeness (QED) is 0.688. The van der Waals surface area contributed by atoms with Crippen LogP contribution in [-0.4, -0.2) is 50.8 Å². The van der Waals surface area contributed by atoms with E-state index in [9.17, 15) is 14.4 Å². The van der Waals surface area contributed by atoms with Gasteiger partial charge in [0.15, 0.2) is 0 Å². The van der Waals surface area contributed by atoms with Crippen molar-refractivity contribution < 1.29 is 9.59 Å². The molecular weight excluding hydrogens is 404 g/mol. The predicted molar refractivity (Wildman–Crippen MR) is 122 cm³/mol. The number of H-pyrrole nitrogens is 1. The Morgan fingerprint density at radius 1 is 1.00 bits per heavy atom. The van der Waals surface area contributed by atoms with Crippen LogP contribution in [0.3, 0.4) is 0 Å². The molecule has 2 saturated heterocycles. The van der Waals surface area contributed by atoms with E-state index in [-0.39, 0.29) is 41.9 Å². The number of likely N-dealkylation sites (tertiary alicyclic amines) is 2. The van der Waals surface area contributed by atoms with Crippen LogP contribution in [0, 0.1) is 5.92 Å². The van der Waals surface area contributed by atoms with Crippen LogP contribution in [-0.2, 0) is 9.59 Å². The molecule has 0 bridgehead atoms. The Morgan fingerprint density at radius 3 is 2.44 bits per heavy atom. The topological polar surface area (TPSA) is 78.4 Å². The fraction of sp³-hybridized carbons (Fsp3) is 0.400. The Bertz CT molecular complexity index is 1190. The molecule has 2 amide bonds. The van der Waals surface area contributed by atoms with Crippen LogP contribution >= 0.6 is 0 Å². The smallest absolute Gasteiger partial charge is 0.326 e. The van der Waals surface area contributed by atoms with Crippen molar-refractivity contribution in [1.29, 1.82) is 0 Å². The monoisotopic (exact) mass is 432 g/mol. The van der Waals surface area contributed by atoms with E-state index in [4.69, 9.17) is 0 Å². The fourth-order valence-corrected chi connectivity index (χ4v) is 5.22. The van der Waals surface area contributed by atoms with E-state index in [2.05, 4.69) is 4.98 Å². The highest BCUT2D eigenvalue weighted by atomic mass is 16.2. The zero-order chi connectivity index (χ0) is 22.2. The molecule has 1 N–H and O–H groups in total.